The highest BCUT2D eigenvalue weighted by Gasteiger charge is 2.31. The summed E-state index contributed by atoms with van der Waals surface area (Å²) in [5.41, 5.74) is 6.76. The zero-order chi connectivity index (χ0) is 25.1. The molecule has 0 fully saturated rings. The fraction of sp³-hybridized carbons (Fsp3) is 0.118. The summed E-state index contributed by atoms with van der Waals surface area (Å²) in [6.45, 7) is 6.76. The summed E-state index contributed by atoms with van der Waals surface area (Å²) in [4.78, 5) is 1.55. The van der Waals surface area contributed by atoms with Crippen molar-refractivity contribution in [1.29, 1.82) is 0 Å². The molecule has 1 nitrogen and oxygen atoms in total. The van der Waals surface area contributed by atoms with Crippen LogP contribution in [0.15, 0.2) is 152 Å². The van der Waals surface area contributed by atoms with Crippen LogP contribution in [-0.4, -0.2) is 19.2 Å². The van der Waals surface area contributed by atoms with Gasteiger partial charge in [0.15, 0.2) is 0 Å². The van der Waals surface area contributed by atoms with Gasteiger partial charge in [-0.1, -0.05) is 140 Å². The van der Waals surface area contributed by atoms with Crippen molar-refractivity contribution in [1.82, 2.24) is 0 Å². The van der Waals surface area contributed by atoms with Crippen molar-refractivity contribution in [2.75, 3.05) is 13.1 Å². The topological polar surface area (TPSA) is 4.44 Å². The highest BCUT2D eigenvalue weighted by Crippen LogP contribution is 2.09. The Morgan fingerprint density at radius 1 is 0.389 bits per heavy atom. The molecule has 0 aromatic heterocycles. The van der Waals surface area contributed by atoms with Gasteiger partial charge in [0.25, 0.3) is 0 Å². The second-order valence-corrected chi connectivity index (χ2v) is 9.19. The van der Waals surface area contributed by atoms with Crippen molar-refractivity contribution in [2.24, 2.45) is 0 Å². The normalized spacial score (nSPS) is 11.0. The predicted molar refractivity (Wildman–Crippen MR) is 158 cm³/mol. The second kappa shape index (κ2) is 12.7. The molecular formula is C34H36BN. The Balaban J connectivity index is 0.000000233. The predicted octanol–water partition coefficient (Wildman–Crippen LogP) is 4.31. The van der Waals surface area contributed by atoms with Gasteiger partial charge in [0, 0.05) is 0 Å². The Morgan fingerprint density at radius 2 is 0.639 bits per heavy atom. The van der Waals surface area contributed by atoms with Gasteiger partial charge in [-0.05, 0) is 26.0 Å². The lowest BCUT2D eigenvalue weighted by atomic mass is 9.13. The van der Waals surface area contributed by atoms with E-state index in [2.05, 4.69) is 166 Å². The molecule has 5 aromatic rings. The SMILES string of the molecule is CC[NH+](CC)c1ccccc1.c1ccc([B-](c2ccccc2)(c2ccccc2)c2ccccc2)cc1. The first-order chi connectivity index (χ1) is 17.8. The van der Waals surface area contributed by atoms with Gasteiger partial charge in [0.05, 0.1) is 13.1 Å². The molecule has 0 radical (unpaired) electrons. The van der Waals surface area contributed by atoms with E-state index in [1.54, 1.807) is 4.90 Å². The molecule has 1 N–H and O–H groups in total. The maximum atomic E-state index is 2.26. The average Bonchev–Trinajstić information content (AvgIpc) is 2.97. The van der Waals surface area contributed by atoms with E-state index in [1.165, 1.54) is 40.6 Å². The summed E-state index contributed by atoms with van der Waals surface area (Å²) in [7, 11) is 0. The van der Waals surface area contributed by atoms with Crippen molar-refractivity contribution in [3.05, 3.63) is 152 Å². The van der Waals surface area contributed by atoms with Gasteiger partial charge in [-0.15, -0.1) is 0 Å². The minimum absolute atomic E-state index is 1.17. The number of benzene rings is 5. The van der Waals surface area contributed by atoms with Gasteiger partial charge in [-0.2, -0.15) is 21.9 Å². The first-order valence-electron chi connectivity index (χ1n) is 13.1. The van der Waals surface area contributed by atoms with E-state index in [0.29, 0.717) is 0 Å². The molecule has 0 spiro atoms. The third-order valence-electron chi connectivity index (χ3n) is 7.23. The molecule has 0 saturated heterocycles. The van der Waals surface area contributed by atoms with E-state index in [1.807, 2.05) is 0 Å². The Labute approximate surface area is 217 Å². The average molecular weight is 469 g/mol. The molecule has 0 bridgehead atoms. The van der Waals surface area contributed by atoms with E-state index in [0.717, 1.165) is 0 Å². The quantitative estimate of drug-likeness (QED) is 0.339. The van der Waals surface area contributed by atoms with Crippen molar-refractivity contribution in [3.63, 3.8) is 0 Å². The van der Waals surface area contributed by atoms with Crippen LogP contribution in [0.2, 0.25) is 0 Å². The highest BCUT2D eigenvalue weighted by atomic mass is 15.1. The molecule has 0 aliphatic heterocycles. The van der Waals surface area contributed by atoms with Gasteiger partial charge in [-0.25, -0.2) is 0 Å². The Morgan fingerprint density at radius 3 is 0.889 bits per heavy atom. The van der Waals surface area contributed by atoms with Crippen LogP contribution in [0.5, 0.6) is 0 Å². The molecule has 0 aliphatic rings. The summed E-state index contributed by atoms with van der Waals surface area (Å²) in [6, 6.07) is 54.1. The molecule has 0 amide bonds. The molecule has 0 atom stereocenters. The van der Waals surface area contributed by atoms with E-state index in [9.17, 15) is 0 Å². The van der Waals surface area contributed by atoms with Gasteiger partial charge in [0.2, 0.25) is 0 Å². The molecule has 2 heteroatoms. The molecule has 0 aliphatic carbocycles. The van der Waals surface area contributed by atoms with Crippen LogP contribution in [0.3, 0.4) is 0 Å². The molecule has 0 unspecified atom stereocenters. The number of rotatable bonds is 7. The van der Waals surface area contributed by atoms with Crippen LogP contribution in [-0.2, 0) is 0 Å². The maximum absolute atomic E-state index is 2.26. The molecular weight excluding hydrogens is 433 g/mol. The highest BCUT2D eigenvalue weighted by molar-refractivity contribution is 7.19. The fourth-order valence-corrected chi connectivity index (χ4v) is 5.45. The van der Waals surface area contributed by atoms with Crippen molar-refractivity contribution in [2.45, 2.75) is 13.8 Å². The molecule has 180 valence electrons. The van der Waals surface area contributed by atoms with Crippen LogP contribution < -0.4 is 26.8 Å². The fourth-order valence-electron chi connectivity index (χ4n) is 5.45. The van der Waals surface area contributed by atoms with Crippen molar-refractivity contribution >= 4 is 33.7 Å². The second-order valence-electron chi connectivity index (χ2n) is 9.19. The van der Waals surface area contributed by atoms with Gasteiger partial charge in [-0.3, -0.25) is 0 Å². The van der Waals surface area contributed by atoms with Crippen LogP contribution in [0.4, 0.5) is 5.69 Å². The summed E-state index contributed by atoms with van der Waals surface area (Å²) in [6.07, 6.45) is -1.22. The lowest BCUT2D eigenvalue weighted by molar-refractivity contribution is -0.828. The third-order valence-corrected chi connectivity index (χ3v) is 7.23. The van der Waals surface area contributed by atoms with Gasteiger partial charge < -0.3 is 4.90 Å². The molecule has 5 rings (SSSR count). The molecule has 0 heterocycles. The van der Waals surface area contributed by atoms with Crippen LogP contribution in [0, 0.1) is 0 Å². The molecule has 0 saturated carbocycles. The minimum Gasteiger partial charge on any atom is -0.303 e. The van der Waals surface area contributed by atoms with Crippen LogP contribution >= 0.6 is 0 Å². The Hall–Kier alpha value is -3.88. The lowest BCUT2D eigenvalue weighted by Crippen LogP contribution is -3.06. The Bertz CT molecular complexity index is 1110. The largest absolute Gasteiger partial charge is 0.303 e. The number of quaternary nitrogens is 1. The number of nitrogens with one attached hydrogen (secondary N) is 1. The van der Waals surface area contributed by atoms with Gasteiger partial charge >= 0.3 is 0 Å². The summed E-state index contributed by atoms with van der Waals surface area (Å²) >= 11 is 0. The Kier molecular flexibility index (Phi) is 8.91. The van der Waals surface area contributed by atoms with E-state index < -0.39 is 6.15 Å². The molecule has 36 heavy (non-hydrogen) atoms. The van der Waals surface area contributed by atoms with E-state index in [4.69, 9.17) is 0 Å². The summed E-state index contributed by atoms with van der Waals surface area (Å²) in [5, 5.41) is 0. The van der Waals surface area contributed by atoms with Crippen LogP contribution in [0.25, 0.3) is 0 Å². The van der Waals surface area contributed by atoms with Crippen LogP contribution in [0.1, 0.15) is 13.8 Å². The van der Waals surface area contributed by atoms with Crippen molar-refractivity contribution in [3.8, 4) is 0 Å². The van der Waals surface area contributed by atoms with Crippen molar-refractivity contribution < 1.29 is 4.90 Å². The first-order valence-corrected chi connectivity index (χ1v) is 13.1. The third kappa shape index (κ3) is 5.51. The summed E-state index contributed by atoms with van der Waals surface area (Å²) < 4.78 is 0. The van der Waals surface area contributed by atoms with E-state index >= 15 is 0 Å². The lowest BCUT2D eigenvalue weighted by Gasteiger charge is -2.44. The maximum Gasteiger partial charge on any atom is 0.131 e. The monoisotopic (exact) mass is 469 g/mol. The minimum atomic E-state index is -1.22. The number of hydrogen-bond donors (Lipinski definition) is 1. The molecule has 5 aromatic carbocycles. The zero-order valence-electron chi connectivity index (χ0n) is 21.4. The first kappa shape index (κ1) is 25.2. The summed E-state index contributed by atoms with van der Waals surface area (Å²) in [5.74, 6) is 0. The number of hydrogen-bond acceptors (Lipinski definition) is 0. The zero-order valence-corrected chi connectivity index (χ0v) is 21.4. The van der Waals surface area contributed by atoms with E-state index in [-0.39, 0.29) is 0 Å². The smallest absolute Gasteiger partial charge is 0.131 e. The number of para-hydroxylation sites is 1. The van der Waals surface area contributed by atoms with Gasteiger partial charge in [0.1, 0.15) is 11.8 Å². The standard InChI is InChI=1S/C24H20B.C10H15N/c1-5-13-21(14-6-1)25(22-15-7-2-8-16-22,23-17-9-3-10-18-23)24-19-11-4-12-20-24;1-3-11(4-2)10-8-6-5-7-9-10/h1-20H;5-9H,3-4H2,1-2H3/q-1;/p+1.